The van der Waals surface area contributed by atoms with Crippen molar-refractivity contribution in [1.82, 2.24) is 15.0 Å². The first-order chi connectivity index (χ1) is 9.97. The summed E-state index contributed by atoms with van der Waals surface area (Å²) in [7, 11) is 0. The van der Waals surface area contributed by atoms with Gasteiger partial charge in [-0.3, -0.25) is 9.59 Å². The van der Waals surface area contributed by atoms with E-state index in [2.05, 4.69) is 5.16 Å². The van der Waals surface area contributed by atoms with Crippen LogP contribution < -0.4 is 0 Å². The van der Waals surface area contributed by atoms with E-state index in [1.54, 1.807) is 22.8 Å². The fourth-order valence-electron chi connectivity index (χ4n) is 2.23. The van der Waals surface area contributed by atoms with E-state index < -0.39 is 0 Å². The molecular weight excluding hydrogens is 274 g/mol. The molecule has 0 N–H and O–H groups in total. The van der Waals surface area contributed by atoms with Crippen LogP contribution in [0.15, 0.2) is 10.6 Å². The van der Waals surface area contributed by atoms with E-state index in [1.807, 2.05) is 0 Å². The normalized spacial score (nSPS) is 15.1. The molecule has 1 saturated heterocycles. The first-order valence-corrected chi connectivity index (χ1v) is 6.97. The smallest absolute Gasteiger partial charge is 0.276 e. The van der Waals surface area contributed by atoms with Crippen LogP contribution in [-0.2, 0) is 9.59 Å². The van der Waals surface area contributed by atoms with E-state index in [-0.39, 0.29) is 30.4 Å². The summed E-state index contributed by atoms with van der Waals surface area (Å²) in [5, 5.41) is 3.71. The molecule has 0 aromatic carbocycles. The molecule has 1 fully saturated rings. The van der Waals surface area contributed by atoms with Crippen molar-refractivity contribution in [2.45, 2.75) is 26.7 Å². The minimum absolute atomic E-state index is 0.0126. The number of aromatic nitrogens is 1. The average molecular weight is 293 g/mol. The second-order valence-electron chi connectivity index (χ2n) is 5.20. The predicted octanol–water partition coefficient (Wildman–Crippen LogP) is 0.637. The van der Waals surface area contributed by atoms with Crippen molar-refractivity contribution in [3.63, 3.8) is 0 Å². The number of rotatable bonds is 4. The summed E-state index contributed by atoms with van der Waals surface area (Å²) in [5.41, 5.74) is 0.295. The number of carbonyl (C=O) groups is 3. The van der Waals surface area contributed by atoms with Crippen molar-refractivity contribution in [3.8, 4) is 0 Å². The number of amides is 2. The summed E-state index contributed by atoms with van der Waals surface area (Å²) in [4.78, 5) is 38.3. The van der Waals surface area contributed by atoms with Crippen LogP contribution in [0.1, 0.15) is 36.0 Å². The minimum Gasteiger partial charge on any atom is -0.361 e. The van der Waals surface area contributed by atoms with Gasteiger partial charge >= 0.3 is 0 Å². The average Bonchev–Trinajstić information content (AvgIpc) is 2.90. The first-order valence-electron chi connectivity index (χ1n) is 6.97. The van der Waals surface area contributed by atoms with Gasteiger partial charge in [0, 0.05) is 45.1 Å². The zero-order chi connectivity index (χ0) is 15.4. The largest absolute Gasteiger partial charge is 0.361 e. The van der Waals surface area contributed by atoms with Gasteiger partial charge in [0.05, 0.1) is 0 Å². The van der Waals surface area contributed by atoms with Crippen LogP contribution in [0.2, 0.25) is 0 Å². The van der Waals surface area contributed by atoms with E-state index >= 15 is 0 Å². The molecule has 0 aliphatic carbocycles. The number of Topliss-reactive ketones (excluding diaryl/α,β-unsaturated/α-hetero) is 1. The van der Waals surface area contributed by atoms with Gasteiger partial charge < -0.3 is 19.1 Å². The lowest BCUT2D eigenvalue weighted by Crippen LogP contribution is -2.50. The van der Waals surface area contributed by atoms with Crippen molar-refractivity contribution in [2.75, 3.05) is 26.2 Å². The lowest BCUT2D eigenvalue weighted by molar-refractivity contribution is -0.134. The lowest BCUT2D eigenvalue weighted by Gasteiger charge is -2.34. The third-order valence-electron chi connectivity index (χ3n) is 3.46. The maximum atomic E-state index is 12.2. The number of carbonyl (C=O) groups excluding carboxylic acids is 3. The Hall–Kier alpha value is -2.18. The number of piperazine rings is 1. The van der Waals surface area contributed by atoms with Gasteiger partial charge in [-0.1, -0.05) is 5.16 Å². The molecule has 2 heterocycles. The molecule has 0 bridgehead atoms. The van der Waals surface area contributed by atoms with Crippen LogP contribution in [0.3, 0.4) is 0 Å². The molecule has 0 saturated carbocycles. The van der Waals surface area contributed by atoms with Gasteiger partial charge in [0.1, 0.15) is 11.5 Å². The number of ketones is 1. The standard InChI is InChI=1S/C14H19N3O4/c1-10(18)3-4-13(19)16-5-7-17(8-6-16)14(20)12-9-11(2)21-15-12/h9H,3-8H2,1-2H3. The summed E-state index contributed by atoms with van der Waals surface area (Å²) in [6, 6.07) is 1.60. The maximum Gasteiger partial charge on any atom is 0.276 e. The molecule has 114 valence electrons. The van der Waals surface area contributed by atoms with Crippen LogP contribution in [0.25, 0.3) is 0 Å². The van der Waals surface area contributed by atoms with Gasteiger partial charge in [-0.15, -0.1) is 0 Å². The fourth-order valence-corrected chi connectivity index (χ4v) is 2.23. The highest BCUT2D eigenvalue weighted by molar-refractivity contribution is 5.92. The van der Waals surface area contributed by atoms with Crippen LogP contribution in [0.5, 0.6) is 0 Å². The molecular formula is C14H19N3O4. The van der Waals surface area contributed by atoms with E-state index in [0.29, 0.717) is 37.6 Å². The Morgan fingerprint density at radius 2 is 1.76 bits per heavy atom. The molecule has 2 amide bonds. The zero-order valence-electron chi connectivity index (χ0n) is 12.3. The van der Waals surface area contributed by atoms with Gasteiger partial charge in [-0.05, 0) is 13.8 Å². The van der Waals surface area contributed by atoms with E-state index in [4.69, 9.17) is 4.52 Å². The summed E-state index contributed by atoms with van der Waals surface area (Å²) >= 11 is 0. The molecule has 2 rings (SSSR count). The predicted molar refractivity (Wildman–Crippen MR) is 73.6 cm³/mol. The van der Waals surface area contributed by atoms with E-state index in [1.165, 1.54) is 6.92 Å². The molecule has 1 aromatic rings. The van der Waals surface area contributed by atoms with Gasteiger partial charge in [0.15, 0.2) is 5.69 Å². The Morgan fingerprint density at radius 3 is 2.29 bits per heavy atom. The highest BCUT2D eigenvalue weighted by Crippen LogP contribution is 2.10. The molecule has 1 aliphatic rings. The molecule has 7 heteroatoms. The zero-order valence-corrected chi connectivity index (χ0v) is 12.3. The van der Waals surface area contributed by atoms with Crippen molar-refractivity contribution < 1.29 is 18.9 Å². The van der Waals surface area contributed by atoms with Gasteiger partial charge in [0.25, 0.3) is 5.91 Å². The first kappa shape index (κ1) is 15.2. The van der Waals surface area contributed by atoms with E-state index in [0.717, 1.165) is 0 Å². The van der Waals surface area contributed by atoms with Gasteiger partial charge in [-0.25, -0.2) is 0 Å². The van der Waals surface area contributed by atoms with Gasteiger partial charge in [-0.2, -0.15) is 0 Å². The van der Waals surface area contributed by atoms with Crippen LogP contribution in [-0.4, -0.2) is 58.7 Å². The third-order valence-corrected chi connectivity index (χ3v) is 3.46. The van der Waals surface area contributed by atoms with Crippen LogP contribution in [0, 0.1) is 6.92 Å². The second kappa shape index (κ2) is 6.51. The van der Waals surface area contributed by atoms with Gasteiger partial charge in [0.2, 0.25) is 5.91 Å². The Balaban J connectivity index is 1.84. The molecule has 1 aromatic heterocycles. The molecule has 0 unspecified atom stereocenters. The maximum absolute atomic E-state index is 12.2. The third kappa shape index (κ3) is 3.90. The summed E-state index contributed by atoms with van der Waals surface area (Å²) < 4.78 is 4.90. The van der Waals surface area contributed by atoms with Crippen LogP contribution in [0.4, 0.5) is 0 Å². The molecule has 7 nitrogen and oxygen atoms in total. The molecule has 1 aliphatic heterocycles. The number of hydrogen-bond acceptors (Lipinski definition) is 5. The monoisotopic (exact) mass is 293 g/mol. The van der Waals surface area contributed by atoms with Crippen molar-refractivity contribution in [2.24, 2.45) is 0 Å². The number of hydrogen-bond donors (Lipinski definition) is 0. The second-order valence-corrected chi connectivity index (χ2v) is 5.20. The van der Waals surface area contributed by atoms with Crippen molar-refractivity contribution in [3.05, 3.63) is 17.5 Å². The summed E-state index contributed by atoms with van der Waals surface area (Å²) in [5.74, 6) is 0.396. The van der Waals surface area contributed by atoms with Crippen molar-refractivity contribution in [1.29, 1.82) is 0 Å². The highest BCUT2D eigenvalue weighted by atomic mass is 16.5. The topological polar surface area (TPSA) is 83.7 Å². The van der Waals surface area contributed by atoms with E-state index in [9.17, 15) is 14.4 Å². The minimum atomic E-state index is -0.178. The Kier molecular flexibility index (Phi) is 4.72. The highest BCUT2D eigenvalue weighted by Gasteiger charge is 2.26. The molecule has 0 radical (unpaired) electrons. The fraction of sp³-hybridized carbons (Fsp3) is 0.571. The quantitative estimate of drug-likeness (QED) is 0.813. The number of aryl methyl sites for hydroxylation is 1. The Labute approximate surface area is 122 Å². The molecule has 0 atom stereocenters. The van der Waals surface area contributed by atoms with Crippen molar-refractivity contribution >= 4 is 17.6 Å². The Morgan fingerprint density at radius 1 is 1.14 bits per heavy atom. The molecule has 21 heavy (non-hydrogen) atoms. The van der Waals surface area contributed by atoms with Crippen LogP contribution >= 0.6 is 0 Å². The summed E-state index contributed by atoms with van der Waals surface area (Å²) in [6.45, 7) is 5.12. The lowest BCUT2D eigenvalue weighted by atomic mass is 10.2. The SMILES string of the molecule is CC(=O)CCC(=O)N1CCN(C(=O)c2cc(C)on2)CC1. The Bertz CT molecular complexity index is 544. The molecule has 0 spiro atoms. The summed E-state index contributed by atoms with van der Waals surface area (Å²) in [6.07, 6.45) is 0.516. The number of nitrogens with zero attached hydrogens (tertiary/aromatic N) is 3.